The molecular formula is C16H16N2O3. The predicted octanol–water partition coefficient (Wildman–Crippen LogP) is 3.63. The first-order valence-electron chi connectivity index (χ1n) is 6.62. The lowest BCUT2D eigenvalue weighted by Gasteiger charge is -2.11. The van der Waals surface area contributed by atoms with E-state index in [0.29, 0.717) is 11.1 Å². The number of aromatic amines is 1. The second-order valence-electron chi connectivity index (χ2n) is 4.89. The molecule has 0 amide bonds. The van der Waals surface area contributed by atoms with Crippen LogP contribution in [0.5, 0.6) is 0 Å². The Labute approximate surface area is 122 Å². The summed E-state index contributed by atoms with van der Waals surface area (Å²) in [6, 6.07) is 9.58. The molecular weight excluding hydrogens is 268 g/mol. The first kappa shape index (κ1) is 14.7. The third-order valence-corrected chi connectivity index (χ3v) is 3.33. The van der Waals surface area contributed by atoms with Gasteiger partial charge in [0.2, 0.25) is 5.56 Å². The van der Waals surface area contributed by atoms with E-state index >= 15 is 0 Å². The zero-order valence-corrected chi connectivity index (χ0v) is 11.7. The largest absolute Gasteiger partial charge is 0.326 e. The molecule has 0 aliphatic rings. The summed E-state index contributed by atoms with van der Waals surface area (Å²) in [5.74, 6) is 0.0953. The zero-order valence-electron chi connectivity index (χ0n) is 11.7. The Hall–Kier alpha value is -2.69. The molecule has 5 heteroatoms. The van der Waals surface area contributed by atoms with Crippen LogP contribution in [0, 0.1) is 10.1 Å². The molecule has 0 saturated heterocycles. The predicted molar refractivity (Wildman–Crippen MR) is 82.4 cm³/mol. The maximum absolute atomic E-state index is 11.8. The minimum atomic E-state index is -0.441. The molecule has 21 heavy (non-hydrogen) atoms. The summed E-state index contributed by atoms with van der Waals surface area (Å²) in [6.45, 7) is 5.65. The average Bonchev–Trinajstić information content (AvgIpc) is 2.46. The van der Waals surface area contributed by atoms with Crippen LogP contribution in [0.4, 0.5) is 5.69 Å². The lowest BCUT2D eigenvalue weighted by Crippen LogP contribution is -2.10. The van der Waals surface area contributed by atoms with Gasteiger partial charge in [-0.05, 0) is 30.0 Å². The van der Waals surface area contributed by atoms with Gasteiger partial charge in [0.05, 0.1) is 10.5 Å². The molecule has 1 N–H and O–H groups in total. The number of nitrogens with zero attached hydrogens (tertiary/aromatic N) is 1. The lowest BCUT2D eigenvalue weighted by molar-refractivity contribution is -0.384. The molecule has 0 bridgehead atoms. The molecule has 2 rings (SSSR count). The molecule has 1 atom stereocenters. The molecule has 1 aromatic carbocycles. The fourth-order valence-corrected chi connectivity index (χ4v) is 2.24. The van der Waals surface area contributed by atoms with Gasteiger partial charge in [-0.3, -0.25) is 14.9 Å². The van der Waals surface area contributed by atoms with Gasteiger partial charge in [-0.25, -0.2) is 0 Å². The van der Waals surface area contributed by atoms with Crippen molar-refractivity contribution in [1.82, 2.24) is 4.98 Å². The van der Waals surface area contributed by atoms with E-state index in [0.717, 1.165) is 12.1 Å². The molecule has 0 unspecified atom stereocenters. The summed E-state index contributed by atoms with van der Waals surface area (Å²) in [5.41, 5.74) is 1.47. The topological polar surface area (TPSA) is 76.0 Å². The zero-order chi connectivity index (χ0) is 15.4. The highest BCUT2D eigenvalue weighted by Gasteiger charge is 2.16. The summed E-state index contributed by atoms with van der Waals surface area (Å²) in [5, 5.41) is 11.1. The van der Waals surface area contributed by atoms with Crippen LogP contribution in [0.2, 0.25) is 0 Å². The molecule has 0 spiro atoms. The van der Waals surface area contributed by atoms with Crippen molar-refractivity contribution in [3.8, 4) is 11.1 Å². The van der Waals surface area contributed by atoms with Gasteiger partial charge in [-0.1, -0.05) is 25.1 Å². The molecule has 0 aliphatic heterocycles. The van der Waals surface area contributed by atoms with Crippen molar-refractivity contribution in [2.24, 2.45) is 0 Å². The van der Waals surface area contributed by atoms with Crippen LogP contribution in [0.3, 0.4) is 0 Å². The molecule has 0 radical (unpaired) electrons. The van der Waals surface area contributed by atoms with Gasteiger partial charge in [0, 0.05) is 17.8 Å². The van der Waals surface area contributed by atoms with Gasteiger partial charge in [0.25, 0.3) is 5.69 Å². The number of para-hydroxylation sites is 1. The SMILES string of the molecule is C=CC[C@@H](C)c1cc(-c2ccccc2[N+](=O)[O-])cc(=O)[nH]1. The van der Waals surface area contributed by atoms with Gasteiger partial charge in [0.15, 0.2) is 0 Å². The molecule has 1 aromatic heterocycles. The molecule has 108 valence electrons. The highest BCUT2D eigenvalue weighted by Crippen LogP contribution is 2.30. The fraction of sp³-hybridized carbons (Fsp3) is 0.188. The van der Waals surface area contributed by atoms with Crippen LogP contribution in [-0.2, 0) is 0 Å². The van der Waals surface area contributed by atoms with Gasteiger partial charge < -0.3 is 4.98 Å². The number of benzene rings is 1. The monoisotopic (exact) mass is 284 g/mol. The van der Waals surface area contributed by atoms with Crippen molar-refractivity contribution >= 4 is 5.69 Å². The van der Waals surface area contributed by atoms with E-state index in [1.165, 1.54) is 12.1 Å². The highest BCUT2D eigenvalue weighted by atomic mass is 16.6. The van der Waals surface area contributed by atoms with E-state index in [1.807, 2.05) is 6.92 Å². The summed E-state index contributed by atoms with van der Waals surface area (Å²) in [6.07, 6.45) is 2.50. The number of hydrogen-bond donors (Lipinski definition) is 1. The van der Waals surface area contributed by atoms with Crippen molar-refractivity contribution in [3.05, 3.63) is 75.2 Å². The van der Waals surface area contributed by atoms with Crippen LogP contribution in [0.15, 0.2) is 53.8 Å². The molecule has 2 aromatic rings. The maximum Gasteiger partial charge on any atom is 0.277 e. The average molecular weight is 284 g/mol. The molecule has 0 aliphatic carbocycles. The Balaban J connectivity index is 2.57. The number of pyridine rings is 1. The van der Waals surface area contributed by atoms with Crippen molar-refractivity contribution in [3.63, 3.8) is 0 Å². The van der Waals surface area contributed by atoms with Crippen LogP contribution < -0.4 is 5.56 Å². The van der Waals surface area contributed by atoms with Crippen LogP contribution in [-0.4, -0.2) is 9.91 Å². The van der Waals surface area contributed by atoms with Crippen LogP contribution in [0.1, 0.15) is 25.0 Å². The standard InChI is InChI=1S/C16H16N2O3/c1-3-6-11(2)14-9-12(10-16(19)17-14)13-7-4-5-8-15(13)18(20)21/h3-5,7-11H,1,6H2,2H3,(H,17,19)/t11-/m1/s1. The lowest BCUT2D eigenvalue weighted by atomic mass is 9.98. The van der Waals surface area contributed by atoms with E-state index in [1.54, 1.807) is 30.3 Å². The number of nitro benzene ring substituents is 1. The highest BCUT2D eigenvalue weighted by molar-refractivity contribution is 5.73. The number of aromatic nitrogens is 1. The normalized spacial score (nSPS) is 11.9. The van der Waals surface area contributed by atoms with Crippen LogP contribution in [0.25, 0.3) is 11.1 Å². The third-order valence-electron chi connectivity index (χ3n) is 3.33. The van der Waals surface area contributed by atoms with Gasteiger partial charge >= 0.3 is 0 Å². The number of H-pyrrole nitrogens is 1. The Morgan fingerprint density at radius 3 is 2.76 bits per heavy atom. The Morgan fingerprint density at radius 1 is 1.38 bits per heavy atom. The number of hydrogen-bond acceptors (Lipinski definition) is 3. The second kappa shape index (κ2) is 6.17. The fourth-order valence-electron chi connectivity index (χ4n) is 2.24. The molecule has 0 fully saturated rings. The second-order valence-corrected chi connectivity index (χ2v) is 4.89. The number of nitro groups is 1. The number of nitrogens with one attached hydrogen (secondary N) is 1. The van der Waals surface area contributed by atoms with Crippen molar-refractivity contribution < 1.29 is 4.92 Å². The minimum absolute atomic E-state index is 0.00887. The third kappa shape index (κ3) is 3.25. The van der Waals surface area contributed by atoms with E-state index in [-0.39, 0.29) is 17.2 Å². The van der Waals surface area contributed by atoms with Crippen molar-refractivity contribution in [2.45, 2.75) is 19.3 Å². The summed E-state index contributed by atoms with van der Waals surface area (Å²) in [7, 11) is 0. The van der Waals surface area contributed by atoms with Crippen LogP contribution >= 0.6 is 0 Å². The Kier molecular flexibility index (Phi) is 4.33. The Morgan fingerprint density at radius 2 is 2.10 bits per heavy atom. The van der Waals surface area contributed by atoms with Crippen molar-refractivity contribution in [1.29, 1.82) is 0 Å². The summed E-state index contributed by atoms with van der Waals surface area (Å²) in [4.78, 5) is 25.3. The number of allylic oxidation sites excluding steroid dienone is 1. The van der Waals surface area contributed by atoms with E-state index < -0.39 is 4.92 Å². The van der Waals surface area contributed by atoms with E-state index in [9.17, 15) is 14.9 Å². The van der Waals surface area contributed by atoms with E-state index in [2.05, 4.69) is 11.6 Å². The van der Waals surface area contributed by atoms with Gasteiger partial charge in [-0.2, -0.15) is 0 Å². The minimum Gasteiger partial charge on any atom is -0.326 e. The number of rotatable bonds is 5. The summed E-state index contributed by atoms with van der Waals surface area (Å²) >= 11 is 0. The molecule has 5 nitrogen and oxygen atoms in total. The smallest absolute Gasteiger partial charge is 0.277 e. The van der Waals surface area contributed by atoms with Gasteiger partial charge in [0.1, 0.15) is 0 Å². The first-order valence-corrected chi connectivity index (χ1v) is 6.62. The quantitative estimate of drug-likeness (QED) is 0.517. The Bertz CT molecular complexity index is 734. The summed E-state index contributed by atoms with van der Waals surface area (Å²) < 4.78 is 0. The molecule has 0 saturated carbocycles. The van der Waals surface area contributed by atoms with E-state index in [4.69, 9.17) is 0 Å². The van der Waals surface area contributed by atoms with Gasteiger partial charge in [-0.15, -0.1) is 6.58 Å². The van der Waals surface area contributed by atoms with Crippen molar-refractivity contribution in [2.75, 3.05) is 0 Å². The first-order chi connectivity index (χ1) is 10.0. The maximum atomic E-state index is 11.8. The molecule has 1 heterocycles.